The molecule has 2 aromatic rings. The Balaban J connectivity index is 0.00000200. The van der Waals surface area contributed by atoms with Crippen LogP contribution in [0.25, 0.3) is 10.6 Å². The second-order valence-corrected chi connectivity index (χ2v) is 5.34. The van der Waals surface area contributed by atoms with E-state index in [9.17, 15) is 4.79 Å². The number of aromatic nitrogens is 2. The molecule has 0 atom stereocenters. The van der Waals surface area contributed by atoms with Crippen LogP contribution in [0.1, 0.15) is 5.01 Å². The number of nitrogens with one attached hydrogen (secondary N) is 1. The SMILES string of the molecule is Cl.Cl.NC(=O)NCc1ncc(-c2csc(N=C(N)N)n2)s1. The van der Waals surface area contributed by atoms with E-state index in [1.54, 1.807) is 6.20 Å². The van der Waals surface area contributed by atoms with Gasteiger partial charge in [-0.3, -0.25) is 0 Å². The monoisotopic (exact) mass is 369 g/mol. The summed E-state index contributed by atoms with van der Waals surface area (Å²) in [6.45, 7) is 0.297. The van der Waals surface area contributed by atoms with Gasteiger partial charge in [-0.2, -0.15) is 4.99 Å². The van der Waals surface area contributed by atoms with E-state index in [0.717, 1.165) is 15.6 Å². The van der Waals surface area contributed by atoms with E-state index in [1.165, 1.54) is 22.7 Å². The first-order valence-corrected chi connectivity index (χ1v) is 6.78. The molecule has 116 valence electrons. The average Bonchev–Trinajstić information content (AvgIpc) is 2.93. The lowest BCUT2D eigenvalue weighted by Gasteiger charge is -1.95. The van der Waals surface area contributed by atoms with Crippen molar-refractivity contribution >= 4 is 64.6 Å². The summed E-state index contributed by atoms with van der Waals surface area (Å²) in [6, 6.07) is -0.583. The van der Waals surface area contributed by atoms with Gasteiger partial charge in [0.05, 0.1) is 17.1 Å². The Morgan fingerprint density at radius 3 is 2.67 bits per heavy atom. The van der Waals surface area contributed by atoms with E-state index in [0.29, 0.717) is 11.7 Å². The minimum atomic E-state index is -0.583. The molecule has 0 aliphatic carbocycles. The highest BCUT2D eigenvalue weighted by Gasteiger charge is 2.09. The topological polar surface area (TPSA) is 145 Å². The molecule has 8 nitrogen and oxygen atoms in total. The zero-order chi connectivity index (χ0) is 13.8. The van der Waals surface area contributed by atoms with Gasteiger partial charge in [0.1, 0.15) is 5.01 Å². The maximum Gasteiger partial charge on any atom is 0.312 e. The molecule has 2 rings (SSSR count). The molecule has 0 aromatic carbocycles. The number of rotatable bonds is 4. The molecule has 12 heteroatoms. The van der Waals surface area contributed by atoms with Crippen LogP contribution in [0.4, 0.5) is 9.93 Å². The van der Waals surface area contributed by atoms with Crippen molar-refractivity contribution in [3.05, 3.63) is 16.6 Å². The number of guanidine groups is 1. The molecule has 0 radical (unpaired) electrons. The molecule has 0 aliphatic rings. The van der Waals surface area contributed by atoms with Gasteiger partial charge in [0.15, 0.2) is 5.96 Å². The summed E-state index contributed by atoms with van der Waals surface area (Å²) in [5.41, 5.74) is 16.3. The second kappa shape index (κ2) is 8.62. The van der Waals surface area contributed by atoms with Gasteiger partial charge in [-0.1, -0.05) is 0 Å². The highest BCUT2D eigenvalue weighted by molar-refractivity contribution is 7.16. The lowest BCUT2D eigenvalue weighted by atomic mass is 10.4. The number of nitrogens with zero attached hydrogens (tertiary/aromatic N) is 3. The van der Waals surface area contributed by atoms with Crippen LogP contribution in [0.15, 0.2) is 16.6 Å². The number of aliphatic imine (C=N–C) groups is 1. The second-order valence-electron chi connectivity index (χ2n) is 3.39. The van der Waals surface area contributed by atoms with Gasteiger partial charge in [0.25, 0.3) is 0 Å². The molecule has 0 bridgehead atoms. The van der Waals surface area contributed by atoms with E-state index in [-0.39, 0.29) is 30.8 Å². The number of urea groups is 1. The first-order chi connectivity index (χ1) is 9.04. The quantitative estimate of drug-likeness (QED) is 0.472. The first-order valence-electron chi connectivity index (χ1n) is 5.08. The molecule has 0 aliphatic heterocycles. The zero-order valence-corrected chi connectivity index (χ0v) is 13.7. The lowest BCUT2D eigenvalue weighted by molar-refractivity contribution is 0.248. The maximum absolute atomic E-state index is 10.6. The van der Waals surface area contributed by atoms with E-state index in [1.807, 2.05) is 5.38 Å². The molecule has 0 saturated heterocycles. The van der Waals surface area contributed by atoms with E-state index >= 15 is 0 Å². The Kier molecular flexibility index (Phi) is 7.95. The maximum atomic E-state index is 10.6. The Bertz CT molecular complexity index is 623. The fourth-order valence-electron chi connectivity index (χ4n) is 1.21. The molecule has 0 fully saturated rings. The van der Waals surface area contributed by atoms with Crippen molar-refractivity contribution in [2.75, 3.05) is 0 Å². The molecule has 2 amide bonds. The Labute approximate surface area is 140 Å². The summed E-state index contributed by atoms with van der Waals surface area (Å²) in [6.07, 6.45) is 1.68. The predicted molar refractivity (Wildman–Crippen MR) is 89.6 cm³/mol. The molecule has 21 heavy (non-hydrogen) atoms. The summed E-state index contributed by atoms with van der Waals surface area (Å²) in [4.78, 5) is 23.7. The van der Waals surface area contributed by atoms with Gasteiger partial charge in [-0.15, -0.1) is 47.5 Å². The summed E-state index contributed by atoms with van der Waals surface area (Å²) in [7, 11) is 0. The smallest absolute Gasteiger partial charge is 0.312 e. The molecular weight excluding hydrogens is 357 g/mol. The van der Waals surface area contributed by atoms with Gasteiger partial charge >= 0.3 is 6.03 Å². The summed E-state index contributed by atoms with van der Waals surface area (Å²) >= 11 is 2.74. The van der Waals surface area contributed by atoms with Crippen LogP contribution in [-0.4, -0.2) is 22.0 Å². The fraction of sp³-hybridized carbons (Fsp3) is 0.111. The van der Waals surface area contributed by atoms with Crippen LogP contribution in [0.2, 0.25) is 0 Å². The number of primary amides is 1. The van der Waals surface area contributed by atoms with Crippen molar-refractivity contribution in [2.24, 2.45) is 22.2 Å². The minimum absolute atomic E-state index is 0. The molecule has 2 heterocycles. The Morgan fingerprint density at radius 2 is 2.05 bits per heavy atom. The highest BCUT2D eigenvalue weighted by atomic mass is 35.5. The number of carbonyl (C=O) groups excluding carboxylic acids is 1. The van der Waals surface area contributed by atoms with Gasteiger partial charge in [-0.05, 0) is 0 Å². The van der Waals surface area contributed by atoms with E-state index < -0.39 is 6.03 Å². The van der Waals surface area contributed by atoms with Crippen molar-refractivity contribution in [2.45, 2.75) is 6.54 Å². The van der Waals surface area contributed by atoms with Crippen molar-refractivity contribution < 1.29 is 4.79 Å². The van der Waals surface area contributed by atoms with E-state index in [2.05, 4.69) is 20.3 Å². The number of thiazole rings is 2. The third-order valence-electron chi connectivity index (χ3n) is 1.94. The number of nitrogens with two attached hydrogens (primary N) is 3. The molecule has 2 aromatic heterocycles. The third-order valence-corrected chi connectivity index (χ3v) is 3.69. The molecule has 0 saturated carbocycles. The minimum Gasteiger partial charge on any atom is -0.370 e. The van der Waals surface area contributed by atoms with Crippen molar-refractivity contribution in [3.8, 4) is 10.6 Å². The molecule has 0 unspecified atom stereocenters. The first kappa shape index (κ1) is 19.4. The van der Waals surface area contributed by atoms with Crippen LogP contribution >= 0.6 is 47.5 Å². The van der Waals surface area contributed by atoms with Crippen LogP contribution in [0, 0.1) is 0 Å². The van der Waals surface area contributed by atoms with Crippen LogP contribution < -0.4 is 22.5 Å². The number of halogens is 2. The zero-order valence-electron chi connectivity index (χ0n) is 10.5. The van der Waals surface area contributed by atoms with Gasteiger partial charge in [0.2, 0.25) is 5.13 Å². The average molecular weight is 370 g/mol. The van der Waals surface area contributed by atoms with Crippen molar-refractivity contribution in [3.63, 3.8) is 0 Å². The standard InChI is InChI=1S/C9H11N7OS2.2ClH/c10-7(11)16-9-15-4(3-18-9)5-1-13-6(19-5)2-14-8(12)17;;/h1,3H,2H2,(H3,12,14,17)(H4,10,11,15,16);2*1H. The van der Waals surface area contributed by atoms with Crippen molar-refractivity contribution in [1.82, 2.24) is 15.3 Å². The molecule has 0 spiro atoms. The molecular formula is C9H13Cl2N7OS2. The van der Waals surface area contributed by atoms with Crippen LogP contribution in [-0.2, 0) is 6.54 Å². The number of amides is 2. The lowest BCUT2D eigenvalue weighted by Crippen LogP contribution is -2.28. The molecule has 7 N–H and O–H groups in total. The third kappa shape index (κ3) is 5.71. The highest BCUT2D eigenvalue weighted by Crippen LogP contribution is 2.30. The number of hydrogen-bond acceptors (Lipinski definition) is 6. The Morgan fingerprint density at radius 1 is 1.33 bits per heavy atom. The summed E-state index contributed by atoms with van der Waals surface area (Å²) < 4.78 is 0. The van der Waals surface area contributed by atoms with E-state index in [4.69, 9.17) is 17.2 Å². The largest absolute Gasteiger partial charge is 0.370 e. The van der Waals surface area contributed by atoms with Gasteiger partial charge in [0, 0.05) is 11.6 Å². The number of carbonyl (C=O) groups is 1. The Hall–Kier alpha value is -1.62. The van der Waals surface area contributed by atoms with Gasteiger partial charge in [-0.25, -0.2) is 14.8 Å². The number of hydrogen-bond donors (Lipinski definition) is 4. The summed E-state index contributed by atoms with van der Waals surface area (Å²) in [5, 5.41) is 5.53. The summed E-state index contributed by atoms with van der Waals surface area (Å²) in [5.74, 6) is -0.0310. The normalized spacial score (nSPS) is 9.14. The van der Waals surface area contributed by atoms with Crippen LogP contribution in [0.3, 0.4) is 0 Å². The predicted octanol–water partition coefficient (Wildman–Crippen LogP) is 1.18. The van der Waals surface area contributed by atoms with Crippen molar-refractivity contribution in [1.29, 1.82) is 0 Å². The van der Waals surface area contributed by atoms with Gasteiger partial charge < -0.3 is 22.5 Å². The fourth-order valence-corrected chi connectivity index (χ4v) is 2.81. The van der Waals surface area contributed by atoms with Crippen LogP contribution in [0.5, 0.6) is 0 Å².